The van der Waals surface area contributed by atoms with E-state index in [9.17, 15) is 4.79 Å². The lowest BCUT2D eigenvalue weighted by molar-refractivity contribution is 0.0508. The van der Waals surface area contributed by atoms with Gasteiger partial charge in [-0.2, -0.15) is 4.98 Å². The normalized spacial score (nSPS) is 10.4. The van der Waals surface area contributed by atoms with Gasteiger partial charge >= 0.3 is 5.97 Å². The van der Waals surface area contributed by atoms with Crippen molar-refractivity contribution < 1.29 is 18.6 Å². The average Bonchev–Trinajstić information content (AvgIpc) is 2.86. The van der Waals surface area contributed by atoms with Gasteiger partial charge in [-0.3, -0.25) is 0 Å². The summed E-state index contributed by atoms with van der Waals surface area (Å²) in [6, 6.07) is 0. The number of hydrogen-bond acceptors (Lipinski definition) is 7. The number of rotatable bonds is 3. The van der Waals surface area contributed by atoms with Gasteiger partial charge in [-0.1, -0.05) is 5.16 Å². The first-order valence-corrected chi connectivity index (χ1v) is 4.64. The summed E-state index contributed by atoms with van der Waals surface area (Å²) in [4.78, 5) is 15.1. The van der Waals surface area contributed by atoms with Gasteiger partial charge in [0.1, 0.15) is 11.8 Å². The van der Waals surface area contributed by atoms with E-state index in [4.69, 9.17) is 13.8 Å². The van der Waals surface area contributed by atoms with Crippen molar-refractivity contribution in [2.75, 3.05) is 6.61 Å². The molecule has 0 saturated carbocycles. The largest absolute Gasteiger partial charge is 0.460 e. The smallest absolute Gasteiger partial charge is 0.379 e. The SMILES string of the molecule is CCOC(=O)c1noc(-c2conc2C)n1. The van der Waals surface area contributed by atoms with Gasteiger partial charge in [-0.15, -0.1) is 0 Å². The summed E-state index contributed by atoms with van der Waals surface area (Å²) in [6.45, 7) is 3.69. The fourth-order valence-corrected chi connectivity index (χ4v) is 1.11. The van der Waals surface area contributed by atoms with Crippen molar-refractivity contribution in [3.05, 3.63) is 17.8 Å². The van der Waals surface area contributed by atoms with Crippen LogP contribution >= 0.6 is 0 Å². The van der Waals surface area contributed by atoms with Crippen LogP contribution in [0.25, 0.3) is 11.5 Å². The van der Waals surface area contributed by atoms with Crippen molar-refractivity contribution in [3.63, 3.8) is 0 Å². The number of ether oxygens (including phenoxy) is 1. The first kappa shape index (κ1) is 10.3. The molecule has 0 atom stereocenters. The third kappa shape index (κ3) is 1.79. The van der Waals surface area contributed by atoms with E-state index in [2.05, 4.69) is 15.3 Å². The van der Waals surface area contributed by atoms with Crippen LogP contribution in [0.1, 0.15) is 23.2 Å². The van der Waals surface area contributed by atoms with Gasteiger partial charge in [0.15, 0.2) is 0 Å². The van der Waals surface area contributed by atoms with Crippen LogP contribution in [0, 0.1) is 6.92 Å². The van der Waals surface area contributed by atoms with Gasteiger partial charge in [0, 0.05) is 0 Å². The van der Waals surface area contributed by atoms with Crippen LogP contribution in [0.2, 0.25) is 0 Å². The van der Waals surface area contributed by atoms with E-state index in [0.717, 1.165) is 0 Å². The highest BCUT2D eigenvalue weighted by molar-refractivity contribution is 5.85. The van der Waals surface area contributed by atoms with Crippen molar-refractivity contribution in [3.8, 4) is 11.5 Å². The molecule has 0 aliphatic rings. The zero-order valence-electron chi connectivity index (χ0n) is 8.76. The molecule has 2 rings (SSSR count). The molecule has 0 radical (unpaired) electrons. The minimum Gasteiger partial charge on any atom is -0.460 e. The van der Waals surface area contributed by atoms with E-state index >= 15 is 0 Å². The second-order valence-electron chi connectivity index (χ2n) is 2.96. The van der Waals surface area contributed by atoms with E-state index in [1.807, 2.05) is 0 Å². The predicted octanol–water partition coefficient (Wildman–Crippen LogP) is 1.21. The highest BCUT2D eigenvalue weighted by atomic mass is 16.5. The summed E-state index contributed by atoms with van der Waals surface area (Å²) in [6.07, 6.45) is 1.37. The maximum absolute atomic E-state index is 11.3. The lowest BCUT2D eigenvalue weighted by Gasteiger charge is -1.93. The number of aryl methyl sites for hydroxylation is 1. The van der Waals surface area contributed by atoms with Crippen LogP contribution in [0.3, 0.4) is 0 Å². The van der Waals surface area contributed by atoms with E-state index in [0.29, 0.717) is 11.3 Å². The van der Waals surface area contributed by atoms with Gasteiger partial charge in [0.05, 0.1) is 12.3 Å². The number of nitrogens with zero attached hydrogens (tertiary/aromatic N) is 3. The van der Waals surface area contributed by atoms with Crippen molar-refractivity contribution in [1.29, 1.82) is 0 Å². The third-order valence-electron chi connectivity index (χ3n) is 1.86. The molecule has 0 spiro atoms. The molecule has 2 aromatic rings. The maximum atomic E-state index is 11.3. The van der Waals surface area contributed by atoms with Gasteiger partial charge in [0.2, 0.25) is 0 Å². The fourth-order valence-electron chi connectivity index (χ4n) is 1.11. The number of carbonyl (C=O) groups excluding carboxylic acids is 1. The molecule has 16 heavy (non-hydrogen) atoms. The Balaban J connectivity index is 2.26. The van der Waals surface area contributed by atoms with Crippen molar-refractivity contribution in [2.24, 2.45) is 0 Å². The Morgan fingerprint density at radius 3 is 2.94 bits per heavy atom. The lowest BCUT2D eigenvalue weighted by atomic mass is 10.3. The van der Waals surface area contributed by atoms with Crippen LogP contribution < -0.4 is 0 Å². The molecule has 0 unspecified atom stereocenters. The van der Waals surface area contributed by atoms with Gasteiger partial charge in [-0.25, -0.2) is 4.79 Å². The Kier molecular flexibility index (Phi) is 2.67. The van der Waals surface area contributed by atoms with Crippen LogP contribution in [0.15, 0.2) is 15.3 Å². The zero-order chi connectivity index (χ0) is 11.5. The van der Waals surface area contributed by atoms with E-state index in [1.54, 1.807) is 13.8 Å². The van der Waals surface area contributed by atoms with Crippen LogP contribution in [0.5, 0.6) is 0 Å². The molecule has 7 nitrogen and oxygen atoms in total. The van der Waals surface area contributed by atoms with E-state index < -0.39 is 5.97 Å². The molecule has 2 aromatic heterocycles. The van der Waals surface area contributed by atoms with Crippen LogP contribution in [-0.2, 0) is 4.74 Å². The molecule has 0 amide bonds. The minimum absolute atomic E-state index is 0.113. The Morgan fingerprint density at radius 2 is 2.31 bits per heavy atom. The highest BCUT2D eigenvalue weighted by Gasteiger charge is 2.19. The topological polar surface area (TPSA) is 91.2 Å². The second kappa shape index (κ2) is 4.13. The summed E-state index contributed by atoms with van der Waals surface area (Å²) in [5.74, 6) is -0.550. The number of carbonyl (C=O) groups is 1. The Hall–Kier alpha value is -2.18. The zero-order valence-corrected chi connectivity index (χ0v) is 8.76. The molecule has 0 aliphatic heterocycles. The van der Waals surface area contributed by atoms with Gasteiger partial charge < -0.3 is 13.8 Å². The predicted molar refractivity (Wildman–Crippen MR) is 50.5 cm³/mol. The third-order valence-corrected chi connectivity index (χ3v) is 1.86. The molecule has 0 fully saturated rings. The van der Waals surface area contributed by atoms with Crippen LogP contribution in [-0.4, -0.2) is 27.9 Å². The summed E-state index contributed by atoms with van der Waals surface area (Å²) in [7, 11) is 0. The van der Waals surface area contributed by atoms with Gasteiger partial charge in [0.25, 0.3) is 11.7 Å². The summed E-state index contributed by atoms with van der Waals surface area (Å²) < 4.78 is 14.3. The average molecular weight is 223 g/mol. The molecule has 0 aromatic carbocycles. The molecule has 0 aliphatic carbocycles. The summed E-state index contributed by atoms with van der Waals surface area (Å²) >= 11 is 0. The van der Waals surface area contributed by atoms with Crippen LogP contribution in [0.4, 0.5) is 0 Å². The molecule has 0 bridgehead atoms. The molecular weight excluding hydrogens is 214 g/mol. The standard InChI is InChI=1S/C9H9N3O4/c1-3-14-9(13)7-10-8(16-12-7)6-4-15-11-5(6)2/h4H,3H2,1-2H3. The van der Waals surface area contributed by atoms with Crippen molar-refractivity contribution in [2.45, 2.75) is 13.8 Å². The highest BCUT2D eigenvalue weighted by Crippen LogP contribution is 2.20. The first-order chi connectivity index (χ1) is 7.72. The Morgan fingerprint density at radius 1 is 1.50 bits per heavy atom. The molecule has 7 heteroatoms. The summed E-state index contributed by atoms with van der Waals surface area (Å²) in [5, 5.41) is 7.17. The fraction of sp³-hybridized carbons (Fsp3) is 0.333. The number of esters is 1. The first-order valence-electron chi connectivity index (χ1n) is 4.64. The molecule has 2 heterocycles. The van der Waals surface area contributed by atoms with E-state index in [-0.39, 0.29) is 18.3 Å². The Labute approximate surface area is 90.4 Å². The molecular formula is C9H9N3O4. The van der Waals surface area contributed by atoms with Crippen molar-refractivity contribution in [1.82, 2.24) is 15.3 Å². The number of aromatic nitrogens is 3. The summed E-state index contributed by atoms with van der Waals surface area (Å²) in [5.41, 5.74) is 1.17. The quantitative estimate of drug-likeness (QED) is 0.722. The number of hydrogen-bond donors (Lipinski definition) is 0. The lowest BCUT2D eigenvalue weighted by Crippen LogP contribution is -2.06. The maximum Gasteiger partial charge on any atom is 0.379 e. The van der Waals surface area contributed by atoms with Crippen molar-refractivity contribution >= 4 is 5.97 Å². The monoisotopic (exact) mass is 223 g/mol. The molecule has 0 saturated heterocycles. The Bertz CT molecular complexity index is 502. The molecule has 84 valence electrons. The minimum atomic E-state index is -0.619. The second-order valence-corrected chi connectivity index (χ2v) is 2.96. The van der Waals surface area contributed by atoms with E-state index in [1.165, 1.54) is 6.26 Å². The van der Waals surface area contributed by atoms with Gasteiger partial charge in [-0.05, 0) is 19.0 Å². The molecule has 0 N–H and O–H groups in total.